The molecule has 3 aromatic rings. The van der Waals surface area contributed by atoms with E-state index in [2.05, 4.69) is 45.6 Å². The van der Waals surface area contributed by atoms with E-state index < -0.39 is 0 Å². The Balaban J connectivity index is 2.05. The Hall–Kier alpha value is -1.04. The molecule has 5 heteroatoms. The molecule has 3 aromatic heterocycles. The van der Waals surface area contributed by atoms with E-state index >= 15 is 0 Å². The molecule has 0 unspecified atom stereocenters. The van der Waals surface area contributed by atoms with E-state index in [0.29, 0.717) is 0 Å². The summed E-state index contributed by atoms with van der Waals surface area (Å²) in [6.07, 6.45) is 0. The molecule has 0 amide bonds. The maximum atomic E-state index is 4.30. The number of thiophene rings is 2. The van der Waals surface area contributed by atoms with Gasteiger partial charge in [-0.25, -0.2) is 0 Å². The summed E-state index contributed by atoms with van der Waals surface area (Å²) in [6.45, 7) is 4.23. The summed E-state index contributed by atoms with van der Waals surface area (Å²) < 4.78 is 0. The van der Waals surface area contributed by atoms with Crippen LogP contribution in [-0.4, -0.2) is 10.2 Å². The first-order valence-corrected chi connectivity index (χ1v) is 7.86. The lowest BCUT2D eigenvalue weighted by Crippen LogP contribution is -1.76. The van der Waals surface area contributed by atoms with Crippen LogP contribution in [0.2, 0.25) is 0 Å². The van der Waals surface area contributed by atoms with Crippen LogP contribution in [-0.2, 0) is 0 Å². The number of aryl methyl sites for hydroxylation is 2. The molecule has 0 aliphatic heterocycles. The van der Waals surface area contributed by atoms with Gasteiger partial charge in [0.05, 0.1) is 0 Å². The van der Waals surface area contributed by atoms with Crippen molar-refractivity contribution in [1.29, 1.82) is 0 Å². The molecule has 3 rings (SSSR count). The molecule has 0 N–H and O–H groups in total. The van der Waals surface area contributed by atoms with Gasteiger partial charge in [0.2, 0.25) is 0 Å². The van der Waals surface area contributed by atoms with E-state index in [9.17, 15) is 0 Å². The van der Waals surface area contributed by atoms with Gasteiger partial charge >= 0.3 is 0 Å². The fourth-order valence-corrected chi connectivity index (χ4v) is 4.42. The lowest BCUT2D eigenvalue weighted by Gasteiger charge is -1.92. The first-order valence-electron chi connectivity index (χ1n) is 5.15. The standard InChI is InChI=1S/C12H10N2S3/c1-7-3-15-5-9(7)11-13-14-12(17-11)10-6-16-4-8(10)2/h3-6H,1-2H3. The molecule has 86 valence electrons. The molecule has 0 bridgehead atoms. The molecule has 0 radical (unpaired) electrons. The van der Waals surface area contributed by atoms with Gasteiger partial charge in [0.25, 0.3) is 0 Å². The molecule has 0 aliphatic carbocycles. The zero-order valence-corrected chi connectivity index (χ0v) is 11.9. The molecule has 3 heterocycles. The maximum absolute atomic E-state index is 4.30. The summed E-state index contributed by atoms with van der Waals surface area (Å²) in [6, 6.07) is 0. The van der Waals surface area contributed by atoms with E-state index in [4.69, 9.17) is 0 Å². The third-order valence-electron chi connectivity index (χ3n) is 2.60. The lowest BCUT2D eigenvalue weighted by molar-refractivity contribution is 1.10. The second kappa shape index (κ2) is 4.33. The summed E-state index contributed by atoms with van der Waals surface area (Å²) in [5, 5.41) is 19.2. The monoisotopic (exact) mass is 278 g/mol. The highest BCUT2D eigenvalue weighted by Crippen LogP contribution is 2.35. The number of hydrogen-bond acceptors (Lipinski definition) is 5. The van der Waals surface area contributed by atoms with Gasteiger partial charge in [-0.3, -0.25) is 0 Å². The highest BCUT2D eigenvalue weighted by molar-refractivity contribution is 7.18. The fraction of sp³-hybridized carbons (Fsp3) is 0.167. The normalized spacial score (nSPS) is 10.9. The van der Waals surface area contributed by atoms with E-state index in [-0.39, 0.29) is 0 Å². The first-order chi connectivity index (χ1) is 8.25. The Kier molecular flexibility index (Phi) is 2.82. The van der Waals surface area contributed by atoms with Crippen molar-refractivity contribution in [3.63, 3.8) is 0 Å². The van der Waals surface area contributed by atoms with Crippen LogP contribution in [0.1, 0.15) is 11.1 Å². The smallest absolute Gasteiger partial charge is 0.149 e. The van der Waals surface area contributed by atoms with Crippen molar-refractivity contribution in [2.45, 2.75) is 13.8 Å². The van der Waals surface area contributed by atoms with Gasteiger partial charge in [-0.2, -0.15) is 22.7 Å². The average Bonchev–Trinajstić information content (AvgIpc) is 2.97. The van der Waals surface area contributed by atoms with Crippen molar-refractivity contribution in [2.24, 2.45) is 0 Å². The maximum Gasteiger partial charge on any atom is 0.149 e. The molecule has 0 fully saturated rings. The van der Waals surface area contributed by atoms with E-state index in [1.165, 1.54) is 22.3 Å². The third-order valence-corrected chi connectivity index (χ3v) is 5.31. The summed E-state index contributed by atoms with van der Waals surface area (Å²) >= 11 is 5.09. The van der Waals surface area contributed by atoms with Crippen LogP contribution in [0.15, 0.2) is 21.5 Å². The number of rotatable bonds is 2. The first kappa shape index (κ1) is 11.1. The Morgan fingerprint density at radius 3 is 1.59 bits per heavy atom. The Morgan fingerprint density at radius 1 is 0.765 bits per heavy atom. The molecule has 0 saturated heterocycles. The molecule has 0 atom stereocenters. The molecule has 0 spiro atoms. The van der Waals surface area contributed by atoms with Crippen molar-refractivity contribution < 1.29 is 0 Å². The molecular formula is C12H10N2S3. The van der Waals surface area contributed by atoms with Gasteiger partial charge in [-0.05, 0) is 35.7 Å². The zero-order chi connectivity index (χ0) is 11.8. The second-order valence-electron chi connectivity index (χ2n) is 3.85. The minimum Gasteiger partial charge on any atom is -0.151 e. The Bertz CT molecular complexity index is 593. The minimum absolute atomic E-state index is 1.02. The summed E-state index contributed by atoms with van der Waals surface area (Å²) in [5.74, 6) is 0. The Labute approximate surface area is 112 Å². The van der Waals surface area contributed by atoms with Crippen molar-refractivity contribution in [2.75, 3.05) is 0 Å². The van der Waals surface area contributed by atoms with Crippen LogP contribution in [0, 0.1) is 13.8 Å². The lowest BCUT2D eigenvalue weighted by atomic mass is 10.2. The van der Waals surface area contributed by atoms with Crippen molar-refractivity contribution in [1.82, 2.24) is 10.2 Å². The van der Waals surface area contributed by atoms with Crippen LogP contribution in [0.25, 0.3) is 21.1 Å². The molecule has 2 nitrogen and oxygen atoms in total. The van der Waals surface area contributed by atoms with Crippen LogP contribution >= 0.6 is 34.0 Å². The quantitative estimate of drug-likeness (QED) is 0.684. The van der Waals surface area contributed by atoms with Gasteiger partial charge < -0.3 is 0 Å². The molecule has 0 saturated carbocycles. The number of hydrogen-bond donors (Lipinski definition) is 0. The average molecular weight is 278 g/mol. The number of aromatic nitrogens is 2. The van der Waals surface area contributed by atoms with Crippen LogP contribution in [0.5, 0.6) is 0 Å². The van der Waals surface area contributed by atoms with Crippen LogP contribution in [0.3, 0.4) is 0 Å². The molecule has 17 heavy (non-hydrogen) atoms. The minimum atomic E-state index is 1.02. The summed E-state index contributed by atoms with van der Waals surface area (Å²) in [7, 11) is 0. The summed E-state index contributed by atoms with van der Waals surface area (Å²) in [5.41, 5.74) is 4.98. The predicted molar refractivity (Wildman–Crippen MR) is 76.0 cm³/mol. The summed E-state index contributed by atoms with van der Waals surface area (Å²) in [4.78, 5) is 0. The van der Waals surface area contributed by atoms with Gasteiger partial charge in [0.1, 0.15) is 10.0 Å². The van der Waals surface area contributed by atoms with Crippen molar-refractivity contribution in [3.05, 3.63) is 32.6 Å². The van der Waals surface area contributed by atoms with Crippen LogP contribution < -0.4 is 0 Å². The molecular weight excluding hydrogens is 268 g/mol. The van der Waals surface area contributed by atoms with Gasteiger partial charge in [-0.1, -0.05) is 11.3 Å². The van der Waals surface area contributed by atoms with Crippen molar-refractivity contribution >= 4 is 34.0 Å². The second-order valence-corrected chi connectivity index (χ2v) is 6.31. The SMILES string of the molecule is Cc1cscc1-c1nnc(-c2cscc2C)s1. The Morgan fingerprint density at radius 2 is 1.24 bits per heavy atom. The van der Waals surface area contributed by atoms with Crippen molar-refractivity contribution in [3.8, 4) is 21.1 Å². The van der Waals surface area contributed by atoms with Crippen LogP contribution in [0.4, 0.5) is 0 Å². The highest BCUT2D eigenvalue weighted by Gasteiger charge is 2.12. The largest absolute Gasteiger partial charge is 0.151 e. The third kappa shape index (κ3) is 1.94. The molecule has 0 aliphatic rings. The van der Waals surface area contributed by atoms with Gasteiger partial charge in [-0.15, -0.1) is 10.2 Å². The van der Waals surface area contributed by atoms with E-state index in [0.717, 1.165) is 10.0 Å². The highest BCUT2D eigenvalue weighted by atomic mass is 32.1. The van der Waals surface area contributed by atoms with Gasteiger partial charge in [0, 0.05) is 21.9 Å². The predicted octanol–water partition coefficient (Wildman–Crippen LogP) is 4.61. The van der Waals surface area contributed by atoms with Gasteiger partial charge in [0.15, 0.2) is 0 Å². The number of nitrogens with zero attached hydrogens (tertiary/aromatic N) is 2. The zero-order valence-electron chi connectivity index (χ0n) is 9.43. The fourth-order valence-electron chi connectivity index (χ4n) is 1.60. The topological polar surface area (TPSA) is 25.8 Å². The van der Waals surface area contributed by atoms with E-state index in [1.807, 2.05) is 0 Å². The molecule has 0 aromatic carbocycles. The van der Waals surface area contributed by atoms with E-state index in [1.54, 1.807) is 34.0 Å².